The minimum Gasteiger partial charge on any atom is -0.493 e. The van der Waals surface area contributed by atoms with Crippen LogP contribution >= 0.6 is 0 Å². The molecule has 16 nitrogen and oxygen atoms in total. The molecule has 0 radical (unpaired) electrons. The maximum absolute atomic E-state index is 14.4. The van der Waals surface area contributed by atoms with Crippen LogP contribution < -0.4 is 18.9 Å². The number of hydrogen-bond acceptors (Lipinski definition) is 12. The molecular weight excluding hydrogens is 979 g/mol. The summed E-state index contributed by atoms with van der Waals surface area (Å²) in [5.74, 6) is -2.09. The van der Waals surface area contributed by atoms with Crippen molar-refractivity contribution >= 4 is 51.0 Å². The van der Waals surface area contributed by atoms with Crippen LogP contribution in [0, 0.1) is 31.9 Å². The quantitative estimate of drug-likeness (QED) is 0.0360. The van der Waals surface area contributed by atoms with Crippen molar-refractivity contribution in [2.24, 2.45) is 0 Å². The lowest BCUT2D eigenvalue weighted by Gasteiger charge is -2.38. The average molecular weight is 1050 g/mol. The van der Waals surface area contributed by atoms with Crippen LogP contribution in [0.3, 0.4) is 0 Å². The summed E-state index contributed by atoms with van der Waals surface area (Å²) in [5, 5.41) is 24.7. The Morgan fingerprint density at radius 3 is 1.48 bits per heavy atom. The molecule has 0 spiro atoms. The van der Waals surface area contributed by atoms with E-state index < -0.39 is 78.4 Å². The van der Waals surface area contributed by atoms with Crippen molar-refractivity contribution in [1.29, 1.82) is 0 Å². The van der Waals surface area contributed by atoms with Crippen LogP contribution in [0.4, 0.5) is 20.2 Å². The smallest absolute Gasteiger partial charge is 0.286 e. The molecule has 0 saturated heterocycles. The minimum atomic E-state index is -2.62. The lowest BCUT2D eigenvalue weighted by Crippen LogP contribution is -2.45. The van der Waals surface area contributed by atoms with Gasteiger partial charge in [-0.15, -0.1) is 0 Å². The van der Waals surface area contributed by atoms with Crippen LogP contribution in [-0.4, -0.2) is 99.0 Å². The first kappa shape index (κ1) is 55.8. The normalized spacial score (nSPS) is 16.2. The number of nitrogens with zero attached hydrogens (tertiary/aromatic N) is 4. The van der Waals surface area contributed by atoms with Gasteiger partial charge in [-0.3, -0.25) is 29.8 Å². The number of carbonyl (C=O) groups is 2. The molecule has 2 heterocycles. The van der Waals surface area contributed by atoms with Crippen molar-refractivity contribution in [2.45, 2.75) is 115 Å². The van der Waals surface area contributed by atoms with Gasteiger partial charge in [0.25, 0.3) is 23.2 Å². The molecule has 0 aliphatic carbocycles. The van der Waals surface area contributed by atoms with Crippen LogP contribution in [0.1, 0.15) is 98.6 Å². The Kier molecular flexibility index (Phi) is 17.1. The molecule has 0 unspecified atom stereocenters. The zero-order valence-corrected chi connectivity index (χ0v) is 45.4. The van der Waals surface area contributed by atoms with Crippen molar-refractivity contribution in [3.05, 3.63) is 139 Å². The summed E-state index contributed by atoms with van der Waals surface area (Å²) in [6, 6.07) is 15.6. The maximum Gasteiger partial charge on any atom is 0.286 e. The molecule has 392 valence electrons. The summed E-state index contributed by atoms with van der Waals surface area (Å²) in [6.07, 6.45) is 5.26. The van der Waals surface area contributed by atoms with Gasteiger partial charge < -0.3 is 38.0 Å². The lowest BCUT2D eigenvalue weighted by molar-refractivity contribution is -0.385. The van der Waals surface area contributed by atoms with E-state index in [0.717, 1.165) is 23.3 Å². The first-order chi connectivity index (χ1) is 34.2. The summed E-state index contributed by atoms with van der Waals surface area (Å²) in [6.45, 7) is 18.2. The SMILES string of the molecule is COc1cc(C(=O)N2C=C(c3ccc(F)cc3)C[C@H]2CCC(C)(C)[Si](C)(C)O)c([N+](=O)[O-])cc1OCCCOc1cc([N+](=O)[O-])c(C(=O)N2C=C(c3ccc(F)cc3)C[C@H]2CO[Si](C)(C)C(C)(C)C)cc1OC. The molecule has 2 aliphatic heterocycles. The van der Waals surface area contributed by atoms with Gasteiger partial charge in [0.2, 0.25) is 0 Å². The number of nitro groups is 2. The molecule has 0 fully saturated rings. The summed E-state index contributed by atoms with van der Waals surface area (Å²) in [4.78, 5) is 66.7. The van der Waals surface area contributed by atoms with Gasteiger partial charge in [-0.1, -0.05) is 58.9 Å². The van der Waals surface area contributed by atoms with E-state index in [1.54, 1.807) is 36.7 Å². The predicted octanol–water partition coefficient (Wildman–Crippen LogP) is 11.9. The number of amides is 2. The number of ether oxygens (including phenoxy) is 4. The van der Waals surface area contributed by atoms with Crippen molar-refractivity contribution < 1.29 is 56.4 Å². The summed E-state index contributed by atoms with van der Waals surface area (Å²) < 4.78 is 57.3. The highest BCUT2D eigenvalue weighted by Gasteiger charge is 2.42. The van der Waals surface area contributed by atoms with E-state index in [9.17, 15) is 43.4 Å². The number of hydrogen-bond donors (Lipinski definition) is 1. The van der Waals surface area contributed by atoms with Gasteiger partial charge in [0.05, 0.1) is 62.1 Å². The molecule has 2 atom stereocenters. The lowest BCUT2D eigenvalue weighted by atomic mass is 9.96. The average Bonchev–Trinajstić information content (AvgIpc) is 3.96. The summed E-state index contributed by atoms with van der Waals surface area (Å²) in [7, 11) is -2.24. The van der Waals surface area contributed by atoms with Gasteiger partial charge in [0, 0.05) is 37.0 Å². The predicted molar refractivity (Wildman–Crippen MR) is 279 cm³/mol. The van der Waals surface area contributed by atoms with Crippen LogP contribution in [0.2, 0.25) is 36.3 Å². The van der Waals surface area contributed by atoms with Crippen LogP contribution in [0.15, 0.2) is 85.2 Å². The second kappa shape index (κ2) is 22.3. The Morgan fingerprint density at radius 2 is 1.10 bits per heavy atom. The topological polar surface area (TPSA) is 193 Å². The third-order valence-electron chi connectivity index (χ3n) is 14.6. The molecule has 73 heavy (non-hydrogen) atoms. The third kappa shape index (κ3) is 12.8. The van der Waals surface area contributed by atoms with Gasteiger partial charge in [-0.2, -0.15) is 0 Å². The zero-order chi connectivity index (χ0) is 53.8. The first-order valence-electron chi connectivity index (χ1n) is 24.1. The van der Waals surface area contributed by atoms with Crippen LogP contribution in [-0.2, 0) is 4.43 Å². The fourth-order valence-corrected chi connectivity index (χ4v) is 10.0. The molecule has 4 aromatic carbocycles. The molecule has 2 aliphatic rings. The largest absolute Gasteiger partial charge is 0.493 e. The van der Waals surface area contributed by atoms with E-state index in [0.29, 0.717) is 36.8 Å². The van der Waals surface area contributed by atoms with E-state index in [4.69, 9.17) is 23.4 Å². The Bertz CT molecular complexity index is 2590. The van der Waals surface area contributed by atoms with E-state index in [1.807, 2.05) is 26.9 Å². The molecule has 20 heteroatoms. The zero-order valence-electron chi connectivity index (χ0n) is 43.4. The molecule has 4 aromatic rings. The summed E-state index contributed by atoms with van der Waals surface area (Å²) in [5.41, 5.74) is 1.34. The molecule has 0 bridgehead atoms. The number of halogens is 2. The second-order valence-electron chi connectivity index (χ2n) is 21.1. The van der Waals surface area contributed by atoms with Gasteiger partial charge >= 0.3 is 0 Å². The fourth-order valence-electron chi connectivity index (χ4n) is 8.24. The molecule has 2 amide bonds. The number of nitro benzene ring substituents is 2. The molecular formula is C53H66F2N4O12Si2. The van der Waals surface area contributed by atoms with Gasteiger partial charge in [-0.05, 0) is 108 Å². The van der Waals surface area contributed by atoms with Crippen molar-refractivity contribution in [3.8, 4) is 23.0 Å². The van der Waals surface area contributed by atoms with Crippen LogP contribution in [0.25, 0.3) is 11.1 Å². The van der Waals surface area contributed by atoms with Crippen molar-refractivity contribution in [2.75, 3.05) is 34.0 Å². The molecule has 1 N–H and O–H groups in total. The fraction of sp³-hybridized carbons (Fsp3) is 0.434. The Hall–Kier alpha value is -6.49. The number of carbonyl (C=O) groups excluding carboxylic acids is 2. The van der Waals surface area contributed by atoms with E-state index in [2.05, 4.69) is 33.9 Å². The number of rotatable bonds is 21. The van der Waals surface area contributed by atoms with Gasteiger partial charge in [-0.25, -0.2) is 8.78 Å². The maximum atomic E-state index is 14.4. The van der Waals surface area contributed by atoms with E-state index >= 15 is 0 Å². The number of methoxy groups -OCH3 is 2. The minimum absolute atomic E-state index is 0.0221. The highest BCUT2D eigenvalue weighted by atomic mass is 28.4. The highest BCUT2D eigenvalue weighted by Crippen LogP contribution is 2.45. The van der Waals surface area contributed by atoms with Gasteiger partial charge in [0.15, 0.2) is 39.6 Å². The molecule has 6 rings (SSSR count). The van der Waals surface area contributed by atoms with Gasteiger partial charge in [0.1, 0.15) is 22.8 Å². The summed E-state index contributed by atoms with van der Waals surface area (Å²) >= 11 is 0. The second-order valence-corrected chi connectivity index (χ2v) is 30.4. The Morgan fingerprint density at radius 1 is 0.685 bits per heavy atom. The monoisotopic (exact) mass is 1040 g/mol. The van der Waals surface area contributed by atoms with Crippen molar-refractivity contribution in [1.82, 2.24) is 9.80 Å². The van der Waals surface area contributed by atoms with Crippen LogP contribution in [0.5, 0.6) is 23.0 Å². The Balaban J connectivity index is 1.19. The number of benzene rings is 4. The first-order valence-corrected chi connectivity index (χ1v) is 29.9. The standard InChI is InChI=1S/C53H66F2N4O12Si2/c1-52(2,3)73(10,11)71-33-41-26-37(35-15-19-39(55)20-16-35)32-57(41)51(61)43-28-47(68-7)49(30-45(43)59(64)65)70-24-12-23-69-48-29-44(58(62)63)42(27-46(48)67-6)50(60)56-31-36(34-13-17-38(54)18-14-34)25-40(56)21-22-53(4,5)72(8,9)66/h13-20,27-32,40-41,66H,12,21-26,33H2,1-11H3/t40-,41+/m1/s1. The third-order valence-corrected chi connectivity index (χ3v) is 22.7. The Labute approximate surface area is 427 Å². The van der Waals surface area contributed by atoms with E-state index in [-0.39, 0.29) is 65.4 Å². The molecule has 0 saturated carbocycles. The van der Waals surface area contributed by atoms with Crippen molar-refractivity contribution in [3.63, 3.8) is 0 Å². The van der Waals surface area contributed by atoms with E-state index in [1.165, 1.54) is 60.4 Å². The molecule has 0 aromatic heterocycles. The highest BCUT2D eigenvalue weighted by molar-refractivity contribution is 6.74.